The zero-order valence-corrected chi connectivity index (χ0v) is 18.1. The standard InChI is InChI=1S/C27H29NO3/c1-21-18-25(28(19-21)26(29)30-2)20-31-27(22-12-6-3-7-13-22,23-14-8-4-9-15-23)24-16-10-5-11-17-24/h3-17,21,25H,18-20H2,1-2H3/t21-,25+/m1/s1. The predicted octanol–water partition coefficient (Wildman–Crippen LogP) is 5.47. The molecule has 1 fully saturated rings. The molecule has 1 heterocycles. The summed E-state index contributed by atoms with van der Waals surface area (Å²) in [5.74, 6) is 0.410. The Labute approximate surface area is 184 Å². The molecule has 160 valence electrons. The number of hydrogen-bond acceptors (Lipinski definition) is 3. The summed E-state index contributed by atoms with van der Waals surface area (Å²) in [7, 11) is 1.44. The van der Waals surface area contributed by atoms with Crippen LogP contribution < -0.4 is 0 Å². The summed E-state index contributed by atoms with van der Waals surface area (Å²) in [6.07, 6.45) is 0.603. The average molecular weight is 416 g/mol. The first kappa shape index (κ1) is 21.1. The van der Waals surface area contributed by atoms with Crippen molar-refractivity contribution in [2.45, 2.75) is 25.0 Å². The van der Waals surface area contributed by atoms with Gasteiger partial charge >= 0.3 is 6.09 Å². The summed E-state index contributed by atoms with van der Waals surface area (Å²) in [5, 5.41) is 0. The van der Waals surface area contributed by atoms with Gasteiger partial charge in [0.1, 0.15) is 5.60 Å². The van der Waals surface area contributed by atoms with Crippen LogP contribution in [0.4, 0.5) is 4.79 Å². The van der Waals surface area contributed by atoms with Gasteiger partial charge in [0.05, 0.1) is 19.8 Å². The average Bonchev–Trinajstić information content (AvgIpc) is 3.21. The molecule has 1 aliphatic heterocycles. The van der Waals surface area contributed by atoms with E-state index < -0.39 is 5.60 Å². The van der Waals surface area contributed by atoms with Gasteiger partial charge in [-0.2, -0.15) is 0 Å². The molecule has 4 heteroatoms. The van der Waals surface area contributed by atoms with E-state index in [1.54, 1.807) is 4.90 Å². The lowest BCUT2D eigenvalue weighted by molar-refractivity contribution is -0.0144. The SMILES string of the molecule is COC(=O)N1C[C@H](C)C[C@H]1COC(c1ccccc1)(c1ccccc1)c1ccccc1. The van der Waals surface area contributed by atoms with E-state index in [0.717, 1.165) is 23.1 Å². The van der Waals surface area contributed by atoms with Crippen LogP contribution in [-0.4, -0.2) is 37.3 Å². The van der Waals surface area contributed by atoms with Gasteiger partial charge in [-0.15, -0.1) is 0 Å². The molecule has 0 radical (unpaired) electrons. The third kappa shape index (κ3) is 4.21. The molecule has 2 atom stereocenters. The molecule has 4 nitrogen and oxygen atoms in total. The van der Waals surface area contributed by atoms with E-state index in [1.807, 2.05) is 54.6 Å². The molecule has 0 aromatic heterocycles. The number of nitrogens with zero attached hydrogens (tertiary/aromatic N) is 1. The lowest BCUT2D eigenvalue weighted by Gasteiger charge is -2.37. The fraction of sp³-hybridized carbons (Fsp3) is 0.296. The highest BCUT2D eigenvalue weighted by Crippen LogP contribution is 2.41. The van der Waals surface area contributed by atoms with E-state index in [1.165, 1.54) is 7.11 Å². The second kappa shape index (κ2) is 9.36. The van der Waals surface area contributed by atoms with Crippen molar-refractivity contribution in [1.82, 2.24) is 4.90 Å². The van der Waals surface area contributed by atoms with Gasteiger partial charge in [-0.1, -0.05) is 97.9 Å². The lowest BCUT2D eigenvalue weighted by atomic mass is 9.80. The normalized spacial score (nSPS) is 18.7. The summed E-state index contributed by atoms with van der Waals surface area (Å²) in [6.45, 7) is 3.27. The number of carbonyl (C=O) groups is 1. The van der Waals surface area contributed by atoms with Gasteiger partial charge in [0.2, 0.25) is 0 Å². The molecule has 0 spiro atoms. The van der Waals surface area contributed by atoms with Crippen molar-refractivity contribution in [3.63, 3.8) is 0 Å². The van der Waals surface area contributed by atoms with Gasteiger partial charge in [-0.05, 0) is 29.0 Å². The fourth-order valence-corrected chi connectivity index (χ4v) is 4.64. The molecule has 0 unspecified atom stereocenters. The molecule has 4 rings (SSSR count). The number of rotatable bonds is 6. The number of amides is 1. The molecule has 1 saturated heterocycles. The largest absolute Gasteiger partial charge is 0.453 e. The third-order valence-electron chi connectivity index (χ3n) is 6.07. The van der Waals surface area contributed by atoms with Crippen molar-refractivity contribution < 1.29 is 14.3 Å². The van der Waals surface area contributed by atoms with Gasteiger partial charge < -0.3 is 14.4 Å². The van der Waals surface area contributed by atoms with Gasteiger partial charge in [-0.25, -0.2) is 4.79 Å². The maximum atomic E-state index is 12.4. The molecular weight excluding hydrogens is 386 g/mol. The zero-order chi connectivity index (χ0) is 21.7. The van der Waals surface area contributed by atoms with Crippen LogP contribution in [0.2, 0.25) is 0 Å². The van der Waals surface area contributed by atoms with Crippen molar-refractivity contribution in [2.75, 3.05) is 20.3 Å². The minimum absolute atomic E-state index is 0.0297. The highest BCUT2D eigenvalue weighted by molar-refractivity contribution is 5.68. The van der Waals surface area contributed by atoms with Crippen molar-refractivity contribution >= 4 is 6.09 Å². The van der Waals surface area contributed by atoms with E-state index >= 15 is 0 Å². The Morgan fingerprint density at radius 3 is 1.74 bits per heavy atom. The number of carbonyl (C=O) groups excluding carboxylic acids is 1. The lowest BCUT2D eigenvalue weighted by Crippen LogP contribution is -2.42. The molecule has 31 heavy (non-hydrogen) atoms. The van der Waals surface area contributed by atoms with Crippen molar-refractivity contribution in [3.05, 3.63) is 108 Å². The minimum Gasteiger partial charge on any atom is -0.453 e. The van der Waals surface area contributed by atoms with E-state index in [2.05, 4.69) is 43.3 Å². The topological polar surface area (TPSA) is 38.8 Å². The molecular formula is C27H29NO3. The van der Waals surface area contributed by atoms with Gasteiger partial charge in [0, 0.05) is 6.54 Å². The Bertz CT molecular complexity index is 878. The molecule has 0 N–H and O–H groups in total. The van der Waals surface area contributed by atoms with E-state index in [0.29, 0.717) is 19.1 Å². The van der Waals surface area contributed by atoms with Crippen LogP contribution in [-0.2, 0) is 15.1 Å². The molecule has 0 bridgehead atoms. The smallest absolute Gasteiger partial charge is 0.409 e. The summed E-state index contributed by atoms with van der Waals surface area (Å²) in [6, 6.07) is 30.9. The van der Waals surface area contributed by atoms with Crippen LogP contribution in [0.15, 0.2) is 91.0 Å². The Kier molecular flexibility index (Phi) is 6.38. The zero-order valence-electron chi connectivity index (χ0n) is 18.1. The Morgan fingerprint density at radius 1 is 0.871 bits per heavy atom. The number of ether oxygens (including phenoxy) is 2. The Balaban J connectivity index is 1.78. The second-order valence-corrected chi connectivity index (χ2v) is 8.21. The second-order valence-electron chi connectivity index (χ2n) is 8.21. The highest BCUT2D eigenvalue weighted by Gasteiger charge is 2.41. The van der Waals surface area contributed by atoms with E-state index in [9.17, 15) is 4.79 Å². The first-order valence-corrected chi connectivity index (χ1v) is 10.8. The maximum absolute atomic E-state index is 12.4. The van der Waals surface area contributed by atoms with Crippen LogP contribution in [0.1, 0.15) is 30.0 Å². The summed E-state index contributed by atoms with van der Waals surface area (Å²) in [5.41, 5.74) is 2.39. The van der Waals surface area contributed by atoms with Gasteiger partial charge in [-0.3, -0.25) is 0 Å². The van der Waals surface area contributed by atoms with Gasteiger partial charge in [0.15, 0.2) is 0 Å². The van der Waals surface area contributed by atoms with Crippen LogP contribution in [0.5, 0.6) is 0 Å². The molecule has 3 aromatic rings. The quantitative estimate of drug-likeness (QED) is 0.501. The maximum Gasteiger partial charge on any atom is 0.409 e. The van der Waals surface area contributed by atoms with Crippen LogP contribution in [0.3, 0.4) is 0 Å². The summed E-state index contributed by atoms with van der Waals surface area (Å²) in [4.78, 5) is 14.2. The third-order valence-corrected chi connectivity index (χ3v) is 6.07. The van der Waals surface area contributed by atoms with Crippen LogP contribution in [0, 0.1) is 5.92 Å². The number of hydrogen-bond donors (Lipinski definition) is 0. The highest BCUT2D eigenvalue weighted by atomic mass is 16.5. The predicted molar refractivity (Wildman–Crippen MR) is 122 cm³/mol. The summed E-state index contributed by atoms with van der Waals surface area (Å²) < 4.78 is 11.9. The number of benzene rings is 3. The molecule has 3 aromatic carbocycles. The van der Waals surface area contributed by atoms with E-state index in [4.69, 9.17) is 9.47 Å². The van der Waals surface area contributed by atoms with Crippen molar-refractivity contribution in [2.24, 2.45) is 5.92 Å². The fourth-order valence-electron chi connectivity index (χ4n) is 4.64. The number of methoxy groups -OCH3 is 1. The monoisotopic (exact) mass is 415 g/mol. The molecule has 1 amide bonds. The first-order valence-electron chi connectivity index (χ1n) is 10.8. The van der Waals surface area contributed by atoms with Crippen LogP contribution in [0.25, 0.3) is 0 Å². The van der Waals surface area contributed by atoms with Crippen molar-refractivity contribution in [3.8, 4) is 0 Å². The number of likely N-dealkylation sites (tertiary alicyclic amines) is 1. The van der Waals surface area contributed by atoms with Gasteiger partial charge in [0.25, 0.3) is 0 Å². The first-order chi connectivity index (χ1) is 15.1. The van der Waals surface area contributed by atoms with E-state index in [-0.39, 0.29) is 12.1 Å². The summed E-state index contributed by atoms with van der Waals surface area (Å²) >= 11 is 0. The minimum atomic E-state index is -0.780. The molecule has 0 aliphatic carbocycles. The molecule has 0 saturated carbocycles. The Hall–Kier alpha value is -3.11. The van der Waals surface area contributed by atoms with Crippen molar-refractivity contribution in [1.29, 1.82) is 0 Å². The van der Waals surface area contributed by atoms with Crippen LogP contribution >= 0.6 is 0 Å². The molecule has 1 aliphatic rings. The Morgan fingerprint density at radius 2 is 1.32 bits per heavy atom.